The Morgan fingerprint density at radius 2 is 2.00 bits per heavy atom. The van der Waals surface area contributed by atoms with E-state index in [2.05, 4.69) is 32.6 Å². The van der Waals surface area contributed by atoms with Gasteiger partial charge in [-0.2, -0.15) is 4.39 Å². The second kappa shape index (κ2) is 11.7. The molecule has 1 saturated carbocycles. The third-order valence-electron chi connectivity index (χ3n) is 7.03. The highest BCUT2D eigenvalue weighted by atomic mass is 19.1. The molecule has 34 heavy (non-hydrogen) atoms. The van der Waals surface area contributed by atoms with Gasteiger partial charge in [0.25, 0.3) is 0 Å². The molecular weight excluding hydrogens is 441 g/mol. The van der Waals surface area contributed by atoms with Crippen LogP contribution in [0.1, 0.15) is 51.8 Å². The minimum atomic E-state index is -0.624. The number of rotatable bonds is 11. The van der Waals surface area contributed by atoms with Crippen LogP contribution < -0.4 is 15.8 Å². The molecule has 2 fully saturated rings. The lowest BCUT2D eigenvalue weighted by Crippen LogP contribution is -2.41. The van der Waals surface area contributed by atoms with Crippen molar-refractivity contribution in [3.05, 3.63) is 11.6 Å². The van der Waals surface area contributed by atoms with Gasteiger partial charge in [0, 0.05) is 25.6 Å². The molecule has 10 nitrogen and oxygen atoms in total. The molecule has 1 aliphatic heterocycles. The van der Waals surface area contributed by atoms with E-state index in [1.165, 1.54) is 0 Å². The number of nitrogens with one attached hydrogen (secondary N) is 2. The van der Waals surface area contributed by atoms with Crippen molar-refractivity contribution in [1.82, 2.24) is 25.4 Å². The van der Waals surface area contributed by atoms with Crippen LogP contribution in [0.3, 0.4) is 0 Å². The summed E-state index contributed by atoms with van der Waals surface area (Å²) in [4.78, 5) is 36.6. The van der Waals surface area contributed by atoms with E-state index in [-0.39, 0.29) is 30.6 Å². The molecule has 11 heteroatoms. The zero-order valence-electron chi connectivity index (χ0n) is 20.6. The van der Waals surface area contributed by atoms with Crippen LogP contribution in [0.15, 0.2) is 0 Å². The Kier molecular flexibility index (Phi) is 9.01. The molecule has 1 aliphatic carbocycles. The average molecular weight is 480 g/mol. The van der Waals surface area contributed by atoms with Crippen LogP contribution >= 0.6 is 0 Å². The fourth-order valence-corrected chi connectivity index (χ4v) is 5.13. The Labute approximate surface area is 200 Å². The van der Waals surface area contributed by atoms with Crippen molar-refractivity contribution < 1.29 is 19.2 Å². The van der Waals surface area contributed by atoms with Crippen molar-refractivity contribution in [3.63, 3.8) is 0 Å². The monoisotopic (exact) mass is 479 g/mol. The molecule has 1 aromatic heterocycles. The van der Waals surface area contributed by atoms with Gasteiger partial charge >= 0.3 is 0 Å². The van der Waals surface area contributed by atoms with Gasteiger partial charge in [-0.25, -0.2) is 15.0 Å². The average Bonchev–Trinajstić information content (AvgIpc) is 3.47. The van der Waals surface area contributed by atoms with Crippen LogP contribution in [-0.4, -0.2) is 77.2 Å². The molecule has 2 aliphatic rings. The van der Waals surface area contributed by atoms with E-state index in [0.29, 0.717) is 48.7 Å². The van der Waals surface area contributed by atoms with E-state index < -0.39 is 17.6 Å². The highest BCUT2D eigenvalue weighted by Crippen LogP contribution is 2.31. The largest absolute Gasteiger partial charge is 0.352 e. The van der Waals surface area contributed by atoms with Gasteiger partial charge in [0.1, 0.15) is 5.82 Å². The maximum absolute atomic E-state index is 15.5. The van der Waals surface area contributed by atoms with Gasteiger partial charge in [-0.05, 0) is 32.4 Å². The van der Waals surface area contributed by atoms with Crippen LogP contribution in [0.2, 0.25) is 0 Å². The summed E-state index contributed by atoms with van der Waals surface area (Å²) in [5, 5.41) is 10.1. The smallest absolute Gasteiger partial charge is 0.243 e. The topological polar surface area (TPSA) is 114 Å². The summed E-state index contributed by atoms with van der Waals surface area (Å²) < 4.78 is 15.5. The van der Waals surface area contributed by atoms with E-state index in [4.69, 9.17) is 0 Å². The summed E-state index contributed by atoms with van der Waals surface area (Å²) in [6, 6.07) is 0.283. The molecule has 3 rings (SSSR count). The first-order valence-corrected chi connectivity index (χ1v) is 12.2. The number of carbonyl (C=O) groups excluding carboxylic acids is 2. The highest BCUT2D eigenvalue weighted by molar-refractivity contribution is 5.80. The molecular formula is C23H38FN7O3. The molecule has 3 atom stereocenters. The van der Waals surface area contributed by atoms with E-state index in [1.54, 1.807) is 0 Å². The van der Waals surface area contributed by atoms with Crippen molar-refractivity contribution in [2.24, 2.45) is 17.8 Å². The van der Waals surface area contributed by atoms with Crippen molar-refractivity contribution >= 4 is 24.0 Å². The zero-order chi connectivity index (χ0) is 24.8. The normalized spacial score (nSPS) is 21.7. The first-order chi connectivity index (χ1) is 16.2. The number of anilines is 2. The molecule has 0 radical (unpaired) electrons. The van der Waals surface area contributed by atoms with Crippen molar-refractivity contribution in [2.45, 2.75) is 58.4 Å². The molecule has 1 saturated heterocycles. The van der Waals surface area contributed by atoms with Crippen LogP contribution in [0.25, 0.3) is 0 Å². The number of nitrogens with zero attached hydrogens (tertiary/aromatic N) is 5. The van der Waals surface area contributed by atoms with Crippen LogP contribution in [-0.2, 0) is 16.0 Å². The number of halogens is 1. The standard InChI is InChI=1S/C23H38FN7O3/c1-5-19-25-21(20(24)22(26-19)30-11-15(2)18(13-30)29(3)4)27-28-23(33)17(12-31(34)14-32)10-16-8-6-7-9-16/h14-18,34H,5-13H2,1-4H3,(H,28,33)(H,25,26,27)/t15-,17+,18?/m0/s1. The quantitative estimate of drug-likeness (QED) is 0.251. The molecule has 1 unspecified atom stereocenters. The number of amides is 2. The summed E-state index contributed by atoms with van der Waals surface area (Å²) in [6.45, 7) is 5.23. The van der Waals surface area contributed by atoms with E-state index in [9.17, 15) is 14.8 Å². The predicted octanol–water partition coefficient (Wildman–Crippen LogP) is 2.05. The Morgan fingerprint density at radius 3 is 2.59 bits per heavy atom. The number of hydrogen-bond acceptors (Lipinski definition) is 8. The minimum Gasteiger partial charge on any atom is -0.352 e. The van der Waals surface area contributed by atoms with Crippen LogP contribution in [0.4, 0.5) is 16.0 Å². The molecule has 0 spiro atoms. The maximum Gasteiger partial charge on any atom is 0.243 e. The van der Waals surface area contributed by atoms with Crippen molar-refractivity contribution in [3.8, 4) is 0 Å². The fraction of sp³-hybridized carbons (Fsp3) is 0.739. The first kappa shape index (κ1) is 26.1. The molecule has 1 aromatic rings. The SMILES string of the molecule is CCc1nc(NNC(=O)[C@H](CC2CCCC2)CN(O)C=O)c(F)c(N2CC(N(C)C)[C@@H](C)C2)n1. The fourth-order valence-electron chi connectivity index (χ4n) is 5.13. The van der Waals surface area contributed by atoms with Gasteiger partial charge in [-0.15, -0.1) is 0 Å². The number of carbonyl (C=O) groups is 2. The van der Waals surface area contributed by atoms with Crippen LogP contribution in [0.5, 0.6) is 0 Å². The van der Waals surface area contributed by atoms with E-state index >= 15 is 4.39 Å². The molecule has 3 N–H and O–H groups in total. The maximum atomic E-state index is 15.5. The number of hydrazine groups is 1. The number of hydrogen-bond donors (Lipinski definition) is 3. The Morgan fingerprint density at radius 1 is 1.29 bits per heavy atom. The molecule has 190 valence electrons. The predicted molar refractivity (Wildman–Crippen MR) is 127 cm³/mol. The summed E-state index contributed by atoms with van der Waals surface area (Å²) in [7, 11) is 4.03. The summed E-state index contributed by atoms with van der Waals surface area (Å²) >= 11 is 0. The van der Waals surface area contributed by atoms with Gasteiger partial charge < -0.3 is 9.80 Å². The van der Waals surface area contributed by atoms with Gasteiger partial charge in [-0.3, -0.25) is 25.6 Å². The molecule has 0 bridgehead atoms. The van der Waals surface area contributed by atoms with Gasteiger partial charge in [0.05, 0.1) is 12.5 Å². The van der Waals surface area contributed by atoms with Crippen LogP contribution in [0, 0.1) is 23.6 Å². The van der Waals surface area contributed by atoms with E-state index in [1.807, 2.05) is 25.9 Å². The third-order valence-corrected chi connectivity index (χ3v) is 7.03. The minimum absolute atomic E-state index is 0.0907. The highest BCUT2D eigenvalue weighted by Gasteiger charge is 2.34. The first-order valence-electron chi connectivity index (χ1n) is 12.2. The van der Waals surface area contributed by atoms with E-state index in [0.717, 1.165) is 25.7 Å². The Bertz CT molecular complexity index is 850. The second-order valence-electron chi connectivity index (χ2n) is 9.82. The Hall–Kier alpha value is -2.53. The molecule has 2 heterocycles. The number of aromatic nitrogens is 2. The van der Waals surface area contributed by atoms with Gasteiger partial charge in [-0.1, -0.05) is 39.5 Å². The molecule has 2 amide bonds. The number of likely N-dealkylation sites (N-methyl/N-ethyl adjacent to an activating group) is 1. The third kappa shape index (κ3) is 6.32. The van der Waals surface area contributed by atoms with Crippen molar-refractivity contribution in [1.29, 1.82) is 0 Å². The lowest BCUT2D eigenvalue weighted by Gasteiger charge is -2.24. The van der Waals surface area contributed by atoms with Gasteiger partial charge in [0.15, 0.2) is 11.6 Å². The van der Waals surface area contributed by atoms with Crippen molar-refractivity contribution in [2.75, 3.05) is 44.1 Å². The number of hydroxylamine groups is 2. The summed E-state index contributed by atoms with van der Waals surface area (Å²) in [6.07, 6.45) is 5.63. The lowest BCUT2D eigenvalue weighted by molar-refractivity contribution is -0.154. The second-order valence-corrected chi connectivity index (χ2v) is 9.82. The van der Waals surface area contributed by atoms with Gasteiger partial charge in [0.2, 0.25) is 18.1 Å². The summed E-state index contributed by atoms with van der Waals surface area (Å²) in [5.41, 5.74) is 5.19. The molecule has 0 aromatic carbocycles. The number of aryl methyl sites for hydroxylation is 1. The zero-order valence-corrected chi connectivity index (χ0v) is 20.6. The summed E-state index contributed by atoms with van der Waals surface area (Å²) in [5.74, 6) is -0.342. The lowest BCUT2D eigenvalue weighted by atomic mass is 9.92. The Balaban J connectivity index is 1.74.